The zero-order valence-corrected chi connectivity index (χ0v) is 11.6. The monoisotopic (exact) mass is 265 g/mol. The molecule has 2 rings (SSSR count). The maximum Gasteiger partial charge on any atom is 0.123 e. The van der Waals surface area contributed by atoms with Crippen molar-refractivity contribution >= 4 is 11.3 Å². The second-order valence-corrected chi connectivity index (χ2v) is 5.36. The van der Waals surface area contributed by atoms with Crippen molar-refractivity contribution in [1.82, 2.24) is 9.97 Å². The van der Waals surface area contributed by atoms with Gasteiger partial charge >= 0.3 is 0 Å². The minimum atomic E-state index is -0.0932. The van der Waals surface area contributed by atoms with Gasteiger partial charge in [-0.05, 0) is 25.0 Å². The lowest BCUT2D eigenvalue weighted by Crippen LogP contribution is -2.14. The molecule has 5 heteroatoms. The third kappa shape index (κ3) is 2.98. The third-order valence-corrected chi connectivity index (χ3v) is 4.12. The van der Waals surface area contributed by atoms with Crippen LogP contribution in [0.2, 0.25) is 0 Å². The lowest BCUT2D eigenvalue weighted by Gasteiger charge is -2.06. The predicted molar refractivity (Wildman–Crippen MR) is 74.7 cm³/mol. The lowest BCUT2D eigenvalue weighted by atomic mass is 10.2. The number of hydrogen-bond donors (Lipinski definition) is 2. The van der Waals surface area contributed by atoms with E-state index in [4.69, 9.17) is 10.5 Å². The number of H-pyrrole nitrogens is 1. The van der Waals surface area contributed by atoms with Crippen LogP contribution in [0.3, 0.4) is 0 Å². The lowest BCUT2D eigenvalue weighted by molar-refractivity contribution is 0.187. The molecule has 0 aliphatic carbocycles. The van der Waals surface area contributed by atoms with Gasteiger partial charge in [0, 0.05) is 18.6 Å². The predicted octanol–water partition coefficient (Wildman–Crippen LogP) is 2.74. The van der Waals surface area contributed by atoms with E-state index in [0.717, 1.165) is 24.4 Å². The Bertz CT molecular complexity index is 492. The van der Waals surface area contributed by atoms with Crippen molar-refractivity contribution in [2.75, 3.05) is 13.7 Å². The summed E-state index contributed by atoms with van der Waals surface area (Å²) in [4.78, 5) is 10.2. The molecule has 0 saturated heterocycles. The number of aromatic nitrogens is 2. The molecule has 1 unspecified atom stereocenters. The van der Waals surface area contributed by atoms with Crippen LogP contribution in [-0.4, -0.2) is 23.7 Å². The summed E-state index contributed by atoms with van der Waals surface area (Å²) in [5.41, 5.74) is 7.08. The average molecular weight is 265 g/mol. The SMILES string of the molecule is CCc1ccc(-c2cnc(C(N)CCOC)[nH]2)s1. The second-order valence-electron chi connectivity index (χ2n) is 4.19. The molecular formula is C13H19N3OS. The average Bonchev–Trinajstić information content (AvgIpc) is 3.03. The highest BCUT2D eigenvalue weighted by Crippen LogP contribution is 2.27. The number of rotatable bonds is 6. The van der Waals surface area contributed by atoms with Crippen molar-refractivity contribution in [2.45, 2.75) is 25.8 Å². The van der Waals surface area contributed by atoms with Crippen LogP contribution < -0.4 is 5.73 Å². The summed E-state index contributed by atoms with van der Waals surface area (Å²) in [5, 5.41) is 0. The molecule has 0 bridgehead atoms. The summed E-state index contributed by atoms with van der Waals surface area (Å²) in [6.45, 7) is 2.81. The van der Waals surface area contributed by atoms with Crippen molar-refractivity contribution in [2.24, 2.45) is 5.73 Å². The Hall–Kier alpha value is -1.17. The quantitative estimate of drug-likeness (QED) is 0.844. The van der Waals surface area contributed by atoms with Gasteiger partial charge in [0.2, 0.25) is 0 Å². The smallest absolute Gasteiger partial charge is 0.123 e. The van der Waals surface area contributed by atoms with Crippen LogP contribution in [0.25, 0.3) is 10.6 Å². The van der Waals surface area contributed by atoms with Gasteiger partial charge in [-0.25, -0.2) is 4.98 Å². The van der Waals surface area contributed by atoms with E-state index >= 15 is 0 Å². The first-order valence-electron chi connectivity index (χ1n) is 6.13. The Labute approximate surface area is 111 Å². The van der Waals surface area contributed by atoms with Crippen molar-refractivity contribution in [3.05, 3.63) is 29.0 Å². The van der Waals surface area contributed by atoms with E-state index in [-0.39, 0.29) is 6.04 Å². The van der Waals surface area contributed by atoms with Gasteiger partial charge in [-0.2, -0.15) is 0 Å². The molecule has 0 aliphatic rings. The maximum absolute atomic E-state index is 6.03. The van der Waals surface area contributed by atoms with Crippen LogP contribution in [0.15, 0.2) is 18.3 Å². The summed E-state index contributed by atoms with van der Waals surface area (Å²) >= 11 is 1.79. The molecular weight excluding hydrogens is 246 g/mol. The summed E-state index contributed by atoms with van der Waals surface area (Å²) < 4.78 is 5.02. The second kappa shape index (κ2) is 6.13. The molecule has 0 radical (unpaired) electrons. The number of nitrogens with zero attached hydrogens (tertiary/aromatic N) is 1. The molecule has 0 amide bonds. The summed E-state index contributed by atoms with van der Waals surface area (Å²) in [6.07, 6.45) is 3.69. The largest absolute Gasteiger partial charge is 0.385 e. The van der Waals surface area contributed by atoms with E-state index in [1.165, 1.54) is 9.75 Å². The van der Waals surface area contributed by atoms with E-state index in [0.29, 0.717) is 6.61 Å². The van der Waals surface area contributed by atoms with Gasteiger partial charge in [-0.1, -0.05) is 6.92 Å². The molecule has 2 aromatic rings. The van der Waals surface area contributed by atoms with E-state index in [1.807, 2.05) is 6.20 Å². The van der Waals surface area contributed by atoms with E-state index in [9.17, 15) is 0 Å². The number of thiophene rings is 1. The first-order valence-corrected chi connectivity index (χ1v) is 6.94. The van der Waals surface area contributed by atoms with Crippen LogP contribution in [0.5, 0.6) is 0 Å². The maximum atomic E-state index is 6.03. The Balaban J connectivity index is 2.09. The fraction of sp³-hybridized carbons (Fsp3) is 0.462. The normalized spacial score (nSPS) is 12.8. The molecule has 0 fully saturated rings. The minimum absolute atomic E-state index is 0.0932. The van der Waals surface area contributed by atoms with Gasteiger partial charge < -0.3 is 15.5 Å². The molecule has 18 heavy (non-hydrogen) atoms. The van der Waals surface area contributed by atoms with Crippen LogP contribution in [0.1, 0.15) is 30.1 Å². The Kier molecular flexibility index (Phi) is 4.52. The first kappa shape index (κ1) is 13.3. The topological polar surface area (TPSA) is 63.9 Å². The van der Waals surface area contributed by atoms with Gasteiger partial charge in [0.05, 0.1) is 22.8 Å². The highest BCUT2D eigenvalue weighted by atomic mass is 32.1. The van der Waals surface area contributed by atoms with Crippen molar-refractivity contribution in [1.29, 1.82) is 0 Å². The third-order valence-electron chi connectivity index (χ3n) is 2.86. The van der Waals surface area contributed by atoms with Crippen LogP contribution in [0, 0.1) is 0 Å². The number of aryl methyl sites for hydroxylation is 1. The number of ether oxygens (including phenoxy) is 1. The minimum Gasteiger partial charge on any atom is -0.385 e. The number of methoxy groups -OCH3 is 1. The number of imidazole rings is 1. The molecule has 0 saturated carbocycles. The van der Waals surface area contributed by atoms with Gasteiger partial charge in [0.15, 0.2) is 0 Å². The van der Waals surface area contributed by atoms with Crippen molar-refractivity contribution in [3.8, 4) is 10.6 Å². The fourth-order valence-electron chi connectivity index (χ4n) is 1.74. The van der Waals surface area contributed by atoms with Crippen molar-refractivity contribution in [3.63, 3.8) is 0 Å². The van der Waals surface area contributed by atoms with Gasteiger partial charge in [-0.3, -0.25) is 0 Å². The summed E-state index contributed by atoms with van der Waals surface area (Å²) in [5.74, 6) is 0.827. The van der Waals surface area contributed by atoms with Gasteiger partial charge in [0.25, 0.3) is 0 Å². The van der Waals surface area contributed by atoms with Crippen LogP contribution in [-0.2, 0) is 11.2 Å². The van der Waals surface area contributed by atoms with Gasteiger partial charge in [-0.15, -0.1) is 11.3 Å². The van der Waals surface area contributed by atoms with E-state index in [1.54, 1.807) is 18.4 Å². The molecule has 4 nitrogen and oxygen atoms in total. The zero-order chi connectivity index (χ0) is 13.0. The molecule has 0 spiro atoms. The van der Waals surface area contributed by atoms with Crippen molar-refractivity contribution < 1.29 is 4.74 Å². The van der Waals surface area contributed by atoms with Crippen LogP contribution >= 0.6 is 11.3 Å². The number of nitrogens with two attached hydrogens (primary N) is 1. The Morgan fingerprint density at radius 3 is 3.00 bits per heavy atom. The Morgan fingerprint density at radius 1 is 1.50 bits per heavy atom. The molecule has 3 N–H and O–H groups in total. The number of hydrogen-bond acceptors (Lipinski definition) is 4. The highest BCUT2D eigenvalue weighted by molar-refractivity contribution is 7.15. The highest BCUT2D eigenvalue weighted by Gasteiger charge is 2.11. The zero-order valence-electron chi connectivity index (χ0n) is 10.8. The van der Waals surface area contributed by atoms with E-state index < -0.39 is 0 Å². The molecule has 0 aliphatic heterocycles. The summed E-state index contributed by atoms with van der Waals surface area (Å²) in [6, 6.07) is 4.19. The van der Waals surface area contributed by atoms with E-state index in [2.05, 4.69) is 29.0 Å². The number of aromatic amines is 1. The summed E-state index contributed by atoms with van der Waals surface area (Å²) in [7, 11) is 1.68. The molecule has 1 atom stereocenters. The standard InChI is InChI=1S/C13H19N3OS/c1-3-9-4-5-12(18-9)11-8-15-13(16-11)10(14)6-7-17-2/h4-5,8,10H,3,6-7,14H2,1-2H3,(H,15,16). The molecule has 2 aromatic heterocycles. The molecule has 98 valence electrons. The van der Waals surface area contributed by atoms with Crippen LogP contribution in [0.4, 0.5) is 0 Å². The first-order chi connectivity index (χ1) is 8.74. The van der Waals surface area contributed by atoms with Gasteiger partial charge in [0.1, 0.15) is 5.82 Å². The molecule has 2 heterocycles. The fourth-order valence-corrected chi connectivity index (χ4v) is 2.66. The molecule has 0 aromatic carbocycles. The Morgan fingerprint density at radius 2 is 2.33 bits per heavy atom. The number of nitrogens with one attached hydrogen (secondary N) is 1.